The number of guanidine groups is 1. The van der Waals surface area contributed by atoms with Crippen LogP contribution in [0.5, 0.6) is 0 Å². The molecule has 0 aromatic heterocycles. The third kappa shape index (κ3) is 8.41. The molecule has 3 N–H and O–H groups in total. The third-order valence-corrected chi connectivity index (χ3v) is 5.80. The quantitative estimate of drug-likeness (QED) is 0.247. The Morgan fingerprint density at radius 2 is 2.15 bits per heavy atom. The molecule has 0 aliphatic carbocycles. The van der Waals surface area contributed by atoms with Crippen LogP contribution in [0.3, 0.4) is 0 Å². The van der Waals surface area contributed by atoms with Gasteiger partial charge in [0.25, 0.3) is 0 Å². The number of hydrogen-bond donors (Lipinski definition) is 3. The lowest BCUT2D eigenvalue weighted by Crippen LogP contribution is -2.49. The minimum absolute atomic E-state index is 0. The lowest BCUT2D eigenvalue weighted by molar-refractivity contribution is 0.131. The summed E-state index contributed by atoms with van der Waals surface area (Å²) in [6.07, 6.45) is 8.24. The van der Waals surface area contributed by atoms with E-state index in [4.69, 9.17) is 9.73 Å². The summed E-state index contributed by atoms with van der Waals surface area (Å²) < 4.78 is 5.58. The molecule has 6 nitrogen and oxygen atoms in total. The van der Waals surface area contributed by atoms with Crippen LogP contribution >= 0.6 is 24.0 Å². The number of piperidine rings is 1. The standard InChI is InChI=1S/C20H40N4O2.HI/c1-3-5-11-24-12-7-6-8-18(24)15-22-19(21-4-2)23-16-20(9-13-25)10-14-26-17-20;/h18,25H,3-17H2,1-2H3,(H2,21,22,23);1H. The molecule has 0 amide bonds. The summed E-state index contributed by atoms with van der Waals surface area (Å²) in [4.78, 5) is 7.50. The summed E-state index contributed by atoms with van der Waals surface area (Å²) in [6, 6.07) is 0.611. The molecular weight excluding hydrogens is 455 g/mol. The molecule has 2 unspecified atom stereocenters. The third-order valence-electron chi connectivity index (χ3n) is 5.80. The topological polar surface area (TPSA) is 69.1 Å². The lowest BCUT2D eigenvalue weighted by atomic mass is 9.84. The van der Waals surface area contributed by atoms with E-state index in [0.29, 0.717) is 19.2 Å². The Morgan fingerprint density at radius 3 is 2.81 bits per heavy atom. The van der Waals surface area contributed by atoms with Gasteiger partial charge in [0.1, 0.15) is 0 Å². The van der Waals surface area contributed by atoms with Gasteiger partial charge in [-0.05, 0) is 52.1 Å². The molecule has 2 heterocycles. The molecule has 27 heavy (non-hydrogen) atoms. The van der Waals surface area contributed by atoms with E-state index in [0.717, 1.165) is 38.5 Å². The molecule has 0 bridgehead atoms. The SMILES string of the molecule is CCCCN1CCCCC1CNC(=NCC1(CCO)CCOC1)NCC.I. The maximum atomic E-state index is 9.39. The largest absolute Gasteiger partial charge is 0.396 e. The maximum absolute atomic E-state index is 9.39. The van der Waals surface area contributed by atoms with Gasteiger partial charge in [0.2, 0.25) is 0 Å². The van der Waals surface area contributed by atoms with Crippen molar-refractivity contribution in [1.29, 1.82) is 0 Å². The highest BCUT2D eigenvalue weighted by molar-refractivity contribution is 14.0. The second-order valence-corrected chi connectivity index (χ2v) is 7.89. The molecule has 0 aromatic carbocycles. The van der Waals surface area contributed by atoms with Crippen molar-refractivity contribution in [2.75, 3.05) is 52.5 Å². The van der Waals surface area contributed by atoms with Gasteiger partial charge in [-0.15, -0.1) is 24.0 Å². The first-order chi connectivity index (χ1) is 12.7. The molecule has 2 saturated heterocycles. The normalized spacial score (nSPS) is 26.6. The van der Waals surface area contributed by atoms with E-state index < -0.39 is 0 Å². The van der Waals surface area contributed by atoms with Crippen LogP contribution in [0.2, 0.25) is 0 Å². The van der Waals surface area contributed by atoms with Gasteiger partial charge < -0.3 is 20.5 Å². The van der Waals surface area contributed by atoms with Crippen molar-refractivity contribution in [3.05, 3.63) is 0 Å². The zero-order valence-electron chi connectivity index (χ0n) is 17.3. The molecule has 0 radical (unpaired) electrons. The number of nitrogens with one attached hydrogen (secondary N) is 2. The second kappa shape index (κ2) is 14.0. The van der Waals surface area contributed by atoms with E-state index in [1.54, 1.807) is 0 Å². The molecule has 7 heteroatoms. The number of likely N-dealkylation sites (tertiary alicyclic amines) is 1. The fraction of sp³-hybridized carbons (Fsp3) is 0.950. The van der Waals surface area contributed by atoms with Gasteiger partial charge in [0.15, 0.2) is 5.96 Å². The van der Waals surface area contributed by atoms with Crippen LogP contribution in [0, 0.1) is 5.41 Å². The predicted octanol–water partition coefficient (Wildman–Crippen LogP) is 2.60. The number of rotatable bonds is 10. The molecule has 2 aliphatic heterocycles. The smallest absolute Gasteiger partial charge is 0.191 e. The Labute approximate surface area is 182 Å². The maximum Gasteiger partial charge on any atom is 0.191 e. The van der Waals surface area contributed by atoms with Crippen LogP contribution in [0.25, 0.3) is 0 Å². The Hall–Kier alpha value is -0.120. The van der Waals surface area contributed by atoms with Crippen molar-refractivity contribution in [3.8, 4) is 0 Å². The van der Waals surface area contributed by atoms with Gasteiger partial charge in [-0.25, -0.2) is 0 Å². The van der Waals surface area contributed by atoms with Crippen LogP contribution in [-0.2, 0) is 4.74 Å². The molecule has 0 aromatic rings. The zero-order chi connectivity index (χ0) is 18.7. The molecule has 2 atom stereocenters. The minimum Gasteiger partial charge on any atom is -0.396 e. The Kier molecular flexibility index (Phi) is 12.9. The Bertz CT molecular complexity index is 417. The summed E-state index contributed by atoms with van der Waals surface area (Å²) in [5.74, 6) is 0.901. The summed E-state index contributed by atoms with van der Waals surface area (Å²) in [5, 5.41) is 16.3. The minimum atomic E-state index is 0. The van der Waals surface area contributed by atoms with Gasteiger partial charge in [0, 0.05) is 37.8 Å². The highest BCUT2D eigenvalue weighted by Crippen LogP contribution is 2.32. The highest BCUT2D eigenvalue weighted by atomic mass is 127. The number of aliphatic hydroxyl groups excluding tert-OH is 1. The van der Waals surface area contributed by atoms with Crippen LogP contribution < -0.4 is 10.6 Å². The van der Waals surface area contributed by atoms with Gasteiger partial charge in [-0.2, -0.15) is 0 Å². The summed E-state index contributed by atoms with van der Waals surface area (Å²) in [7, 11) is 0. The average molecular weight is 496 g/mol. The first-order valence-corrected chi connectivity index (χ1v) is 10.7. The number of hydrogen-bond acceptors (Lipinski definition) is 4. The van der Waals surface area contributed by atoms with Crippen molar-refractivity contribution in [2.45, 2.75) is 64.8 Å². The molecule has 0 saturated carbocycles. The average Bonchev–Trinajstić information content (AvgIpc) is 3.12. The number of ether oxygens (including phenoxy) is 1. The van der Waals surface area contributed by atoms with E-state index in [9.17, 15) is 5.11 Å². The van der Waals surface area contributed by atoms with E-state index in [2.05, 4.69) is 29.4 Å². The lowest BCUT2D eigenvalue weighted by Gasteiger charge is -2.36. The van der Waals surface area contributed by atoms with Crippen LogP contribution in [-0.4, -0.2) is 74.6 Å². The van der Waals surface area contributed by atoms with Crippen LogP contribution in [0.4, 0.5) is 0 Å². The number of aliphatic hydroxyl groups is 1. The molecular formula is C20H41IN4O2. The van der Waals surface area contributed by atoms with Crippen LogP contribution in [0.1, 0.15) is 58.8 Å². The molecule has 160 valence electrons. The number of nitrogens with zero attached hydrogens (tertiary/aromatic N) is 2. The fourth-order valence-electron chi connectivity index (χ4n) is 4.04. The first kappa shape index (κ1) is 24.9. The van der Waals surface area contributed by atoms with Crippen LogP contribution in [0.15, 0.2) is 4.99 Å². The second-order valence-electron chi connectivity index (χ2n) is 7.89. The number of unbranched alkanes of at least 4 members (excludes halogenated alkanes) is 1. The van der Waals surface area contributed by atoms with Crippen molar-refractivity contribution in [3.63, 3.8) is 0 Å². The van der Waals surface area contributed by atoms with Gasteiger partial charge in [-0.3, -0.25) is 9.89 Å². The van der Waals surface area contributed by atoms with Crippen molar-refractivity contribution in [1.82, 2.24) is 15.5 Å². The predicted molar refractivity (Wildman–Crippen MR) is 123 cm³/mol. The Balaban J connectivity index is 0.00000364. The Morgan fingerprint density at radius 1 is 1.30 bits per heavy atom. The highest BCUT2D eigenvalue weighted by Gasteiger charge is 2.34. The monoisotopic (exact) mass is 496 g/mol. The van der Waals surface area contributed by atoms with Crippen molar-refractivity contribution >= 4 is 29.9 Å². The first-order valence-electron chi connectivity index (χ1n) is 10.7. The van der Waals surface area contributed by atoms with E-state index >= 15 is 0 Å². The summed E-state index contributed by atoms with van der Waals surface area (Å²) in [5.41, 5.74) is 0.00903. The van der Waals surface area contributed by atoms with E-state index in [-0.39, 0.29) is 36.0 Å². The van der Waals surface area contributed by atoms with E-state index in [1.165, 1.54) is 45.2 Å². The van der Waals surface area contributed by atoms with Gasteiger partial charge in [0.05, 0.1) is 13.2 Å². The molecule has 2 rings (SSSR count). The number of halogens is 1. The van der Waals surface area contributed by atoms with E-state index in [1.807, 2.05) is 0 Å². The van der Waals surface area contributed by atoms with Crippen molar-refractivity contribution < 1.29 is 9.84 Å². The van der Waals surface area contributed by atoms with Gasteiger partial charge in [-0.1, -0.05) is 19.8 Å². The number of aliphatic imine (C=N–C) groups is 1. The molecule has 2 aliphatic rings. The summed E-state index contributed by atoms with van der Waals surface area (Å²) in [6.45, 7) is 11.1. The molecule has 2 fully saturated rings. The zero-order valence-corrected chi connectivity index (χ0v) is 19.7. The van der Waals surface area contributed by atoms with Crippen molar-refractivity contribution in [2.24, 2.45) is 10.4 Å². The molecule has 0 spiro atoms. The van der Waals surface area contributed by atoms with Gasteiger partial charge >= 0.3 is 0 Å². The fourth-order valence-corrected chi connectivity index (χ4v) is 4.04. The summed E-state index contributed by atoms with van der Waals surface area (Å²) >= 11 is 0.